The third-order valence-corrected chi connectivity index (χ3v) is 6.37. The predicted molar refractivity (Wildman–Crippen MR) is 134 cm³/mol. The van der Waals surface area contributed by atoms with Crippen molar-refractivity contribution >= 4 is 17.1 Å². The normalized spacial score (nSPS) is 12.7. The number of hydrogen-bond acceptors (Lipinski definition) is 3. The second-order valence-corrected chi connectivity index (χ2v) is 8.43. The lowest BCUT2D eigenvalue weighted by Crippen LogP contribution is -2.12. The molecule has 0 spiro atoms. The Kier molecular flexibility index (Phi) is 4.76. The van der Waals surface area contributed by atoms with Gasteiger partial charge in [-0.25, -0.2) is 4.98 Å². The molecule has 0 fully saturated rings. The lowest BCUT2D eigenvalue weighted by atomic mass is 10.0. The van der Waals surface area contributed by atoms with Crippen molar-refractivity contribution in [2.75, 3.05) is 4.90 Å². The summed E-state index contributed by atoms with van der Waals surface area (Å²) in [6.07, 6.45) is 7.71. The molecule has 3 heterocycles. The van der Waals surface area contributed by atoms with Crippen molar-refractivity contribution < 1.29 is 0 Å². The molecule has 0 bridgehead atoms. The van der Waals surface area contributed by atoms with E-state index in [9.17, 15) is 0 Å². The van der Waals surface area contributed by atoms with E-state index < -0.39 is 0 Å². The lowest BCUT2D eigenvalue weighted by Gasteiger charge is -2.28. The van der Waals surface area contributed by atoms with Crippen LogP contribution in [-0.2, 0) is 19.9 Å². The summed E-state index contributed by atoms with van der Waals surface area (Å²) in [5, 5.41) is 0. The summed E-state index contributed by atoms with van der Waals surface area (Å²) in [7, 11) is 2.04. The van der Waals surface area contributed by atoms with Crippen LogP contribution in [0.3, 0.4) is 0 Å². The number of anilines is 3. The maximum absolute atomic E-state index is 4.59. The topological polar surface area (TPSA) is 34.0 Å². The molecule has 0 amide bonds. The Hall–Kier alpha value is -4.18. The van der Waals surface area contributed by atoms with Crippen LogP contribution in [0, 0.1) is 0 Å². The lowest BCUT2D eigenvalue weighted by molar-refractivity contribution is 0.924. The molecule has 0 N–H and O–H groups in total. The molecule has 160 valence electrons. The predicted octanol–water partition coefficient (Wildman–Crippen LogP) is 6.72. The fraction of sp³-hybridized carbons (Fsp3) is 0.103. The van der Waals surface area contributed by atoms with Crippen molar-refractivity contribution in [3.05, 3.63) is 115 Å². The molecule has 5 aromatic rings. The van der Waals surface area contributed by atoms with Gasteiger partial charge in [-0.2, -0.15) is 0 Å². The largest absolute Gasteiger partial charge is 0.334 e. The zero-order valence-electron chi connectivity index (χ0n) is 18.5. The molecule has 1 aliphatic heterocycles. The van der Waals surface area contributed by atoms with Crippen molar-refractivity contribution in [3.8, 4) is 22.6 Å². The van der Waals surface area contributed by atoms with E-state index in [4.69, 9.17) is 0 Å². The fourth-order valence-electron chi connectivity index (χ4n) is 4.72. The van der Waals surface area contributed by atoms with Crippen LogP contribution in [0.2, 0.25) is 0 Å². The molecule has 0 unspecified atom stereocenters. The Morgan fingerprint density at radius 1 is 0.667 bits per heavy atom. The summed E-state index contributed by atoms with van der Waals surface area (Å²) >= 11 is 0. The Bertz CT molecular complexity index is 1440. The minimum Gasteiger partial charge on any atom is -0.334 e. The number of benzene rings is 3. The number of fused-ring (bicyclic) bond motifs is 2. The second-order valence-electron chi connectivity index (χ2n) is 8.43. The Labute approximate surface area is 193 Å². The summed E-state index contributed by atoms with van der Waals surface area (Å²) < 4.78 is 2.07. The maximum atomic E-state index is 4.59. The number of pyridine rings is 1. The molecular weight excluding hydrogens is 404 g/mol. The van der Waals surface area contributed by atoms with E-state index in [0.717, 1.165) is 41.2 Å². The van der Waals surface area contributed by atoms with E-state index in [1.165, 1.54) is 22.5 Å². The molecule has 0 aliphatic carbocycles. The molecule has 0 saturated carbocycles. The van der Waals surface area contributed by atoms with Gasteiger partial charge in [0.15, 0.2) is 0 Å². The smallest absolute Gasteiger partial charge is 0.139 e. The van der Waals surface area contributed by atoms with Gasteiger partial charge in [0.05, 0.1) is 11.4 Å². The molecule has 0 saturated heterocycles. The number of hydrogen-bond donors (Lipinski definition) is 0. The standard InChI is InChI=1S/C29H24N4/c1-32-18-17-31-29(32)24-15-14-22-13-12-21-7-2-3-11-27(21)33(28(22)20-24)25-9-6-8-23(19-25)26-10-4-5-16-30-26/h2-11,14-20H,12-13H2,1H3. The van der Waals surface area contributed by atoms with Gasteiger partial charge in [0.25, 0.3) is 0 Å². The Balaban J connectivity index is 1.56. The van der Waals surface area contributed by atoms with Crippen LogP contribution >= 0.6 is 0 Å². The van der Waals surface area contributed by atoms with Crippen LogP contribution in [0.25, 0.3) is 22.6 Å². The minimum absolute atomic E-state index is 0.970. The quantitative estimate of drug-likeness (QED) is 0.320. The van der Waals surface area contributed by atoms with E-state index in [-0.39, 0.29) is 0 Å². The van der Waals surface area contributed by atoms with Gasteiger partial charge in [0.2, 0.25) is 0 Å². The van der Waals surface area contributed by atoms with Gasteiger partial charge in [-0.15, -0.1) is 0 Å². The van der Waals surface area contributed by atoms with Crippen LogP contribution in [0.5, 0.6) is 0 Å². The number of aryl methyl sites for hydroxylation is 3. The Morgan fingerprint density at radius 2 is 1.52 bits per heavy atom. The summed E-state index contributed by atoms with van der Waals surface area (Å²) in [6.45, 7) is 0. The van der Waals surface area contributed by atoms with E-state index in [1.54, 1.807) is 0 Å². The van der Waals surface area contributed by atoms with Gasteiger partial charge in [0, 0.05) is 48.1 Å². The van der Waals surface area contributed by atoms with E-state index in [1.807, 2.05) is 37.8 Å². The number of imidazole rings is 1. The summed E-state index contributed by atoms with van der Waals surface area (Å²) in [4.78, 5) is 11.6. The van der Waals surface area contributed by atoms with Crippen molar-refractivity contribution in [1.29, 1.82) is 0 Å². The molecule has 4 heteroatoms. The van der Waals surface area contributed by atoms with E-state index >= 15 is 0 Å². The highest BCUT2D eigenvalue weighted by Crippen LogP contribution is 2.43. The number of nitrogens with zero attached hydrogens (tertiary/aromatic N) is 4. The molecule has 4 nitrogen and oxygen atoms in total. The molecule has 2 aromatic heterocycles. The Morgan fingerprint density at radius 3 is 2.33 bits per heavy atom. The number of rotatable bonds is 3. The monoisotopic (exact) mass is 428 g/mol. The van der Waals surface area contributed by atoms with Crippen LogP contribution in [0.15, 0.2) is 104 Å². The molecule has 0 radical (unpaired) electrons. The minimum atomic E-state index is 0.970. The van der Waals surface area contributed by atoms with E-state index in [2.05, 4.69) is 92.2 Å². The first-order chi connectivity index (χ1) is 16.3. The van der Waals surface area contributed by atoms with Crippen LogP contribution in [-0.4, -0.2) is 14.5 Å². The highest BCUT2D eigenvalue weighted by molar-refractivity contribution is 5.85. The van der Waals surface area contributed by atoms with Crippen LogP contribution in [0.1, 0.15) is 11.1 Å². The van der Waals surface area contributed by atoms with Crippen LogP contribution in [0.4, 0.5) is 17.1 Å². The fourth-order valence-corrected chi connectivity index (χ4v) is 4.72. The SMILES string of the molecule is Cn1ccnc1-c1ccc2c(c1)N(c1cccc(-c3ccccn3)c1)c1ccccc1CC2. The number of para-hydroxylation sites is 1. The average molecular weight is 429 g/mol. The van der Waals surface area contributed by atoms with Crippen molar-refractivity contribution in [2.24, 2.45) is 7.05 Å². The van der Waals surface area contributed by atoms with Crippen molar-refractivity contribution in [1.82, 2.24) is 14.5 Å². The zero-order chi connectivity index (χ0) is 22.2. The highest BCUT2D eigenvalue weighted by atomic mass is 15.2. The summed E-state index contributed by atoms with van der Waals surface area (Å²) in [5.74, 6) is 0.970. The third kappa shape index (κ3) is 3.50. The first-order valence-corrected chi connectivity index (χ1v) is 11.3. The zero-order valence-corrected chi connectivity index (χ0v) is 18.5. The molecular formula is C29H24N4. The first-order valence-electron chi connectivity index (χ1n) is 11.3. The second kappa shape index (κ2) is 8.06. The maximum Gasteiger partial charge on any atom is 0.139 e. The van der Waals surface area contributed by atoms with Crippen molar-refractivity contribution in [3.63, 3.8) is 0 Å². The van der Waals surface area contributed by atoms with Gasteiger partial charge in [-0.1, -0.05) is 48.5 Å². The van der Waals surface area contributed by atoms with Crippen LogP contribution < -0.4 is 4.90 Å². The average Bonchev–Trinajstić information content (AvgIpc) is 3.23. The first kappa shape index (κ1) is 19.5. The third-order valence-electron chi connectivity index (χ3n) is 6.37. The molecule has 0 atom stereocenters. The van der Waals surface area contributed by atoms with Gasteiger partial charge >= 0.3 is 0 Å². The molecule has 33 heavy (non-hydrogen) atoms. The highest BCUT2D eigenvalue weighted by Gasteiger charge is 2.23. The van der Waals surface area contributed by atoms with E-state index in [0.29, 0.717) is 0 Å². The summed E-state index contributed by atoms with van der Waals surface area (Å²) in [6, 6.07) is 30.2. The molecule has 3 aromatic carbocycles. The van der Waals surface area contributed by atoms with Gasteiger partial charge < -0.3 is 9.47 Å². The van der Waals surface area contributed by atoms with Gasteiger partial charge in [-0.3, -0.25) is 4.98 Å². The number of aromatic nitrogens is 3. The van der Waals surface area contributed by atoms with Crippen molar-refractivity contribution in [2.45, 2.75) is 12.8 Å². The summed E-state index contributed by atoms with van der Waals surface area (Å²) in [5.41, 5.74) is 9.46. The van der Waals surface area contributed by atoms with Gasteiger partial charge in [0.1, 0.15) is 5.82 Å². The van der Waals surface area contributed by atoms with Gasteiger partial charge in [-0.05, 0) is 60.4 Å². The molecule has 6 rings (SSSR count). The molecule has 1 aliphatic rings.